The zero-order valence-corrected chi connectivity index (χ0v) is 13.0. The van der Waals surface area contributed by atoms with Crippen molar-refractivity contribution in [1.82, 2.24) is 5.32 Å². The first-order valence-corrected chi connectivity index (χ1v) is 8.11. The van der Waals surface area contributed by atoms with E-state index < -0.39 is 0 Å². The third-order valence-corrected chi connectivity index (χ3v) is 4.61. The summed E-state index contributed by atoms with van der Waals surface area (Å²) in [4.78, 5) is 2.77. The molecule has 0 spiro atoms. The molecule has 0 aliphatic heterocycles. The van der Waals surface area contributed by atoms with Gasteiger partial charge in [-0.05, 0) is 49.2 Å². The Balaban J connectivity index is 2.14. The first-order valence-electron chi connectivity index (χ1n) is 7.29. The molecule has 1 aromatic heterocycles. The molecule has 0 radical (unpaired) electrons. The molecule has 1 aromatic carbocycles. The van der Waals surface area contributed by atoms with Crippen LogP contribution in [0.4, 0.5) is 4.39 Å². The van der Waals surface area contributed by atoms with E-state index in [1.165, 1.54) is 15.8 Å². The van der Waals surface area contributed by atoms with Crippen LogP contribution >= 0.6 is 11.3 Å². The summed E-state index contributed by atoms with van der Waals surface area (Å²) in [5.41, 5.74) is 1.03. The predicted molar refractivity (Wildman–Crippen MR) is 84.8 cm³/mol. The molecule has 0 saturated heterocycles. The molecular formula is C17H22FNS. The molecular weight excluding hydrogens is 269 g/mol. The van der Waals surface area contributed by atoms with Crippen molar-refractivity contribution in [2.45, 2.75) is 39.2 Å². The Labute approximate surface area is 124 Å². The van der Waals surface area contributed by atoms with E-state index in [1.54, 1.807) is 12.1 Å². The topological polar surface area (TPSA) is 12.0 Å². The van der Waals surface area contributed by atoms with Crippen molar-refractivity contribution in [2.24, 2.45) is 0 Å². The molecule has 1 N–H and O–H groups in total. The summed E-state index contributed by atoms with van der Waals surface area (Å²) >= 11 is 1.86. The molecule has 1 unspecified atom stereocenters. The summed E-state index contributed by atoms with van der Waals surface area (Å²) in [6.07, 6.45) is 3.09. The van der Waals surface area contributed by atoms with E-state index in [9.17, 15) is 4.39 Å². The zero-order valence-electron chi connectivity index (χ0n) is 12.2. The summed E-state index contributed by atoms with van der Waals surface area (Å²) in [5, 5.41) is 3.53. The lowest BCUT2D eigenvalue weighted by Crippen LogP contribution is -2.23. The van der Waals surface area contributed by atoms with Gasteiger partial charge in [-0.1, -0.05) is 26.0 Å². The Hall–Kier alpha value is -1.19. The van der Waals surface area contributed by atoms with Crippen LogP contribution in [0.1, 0.15) is 41.6 Å². The van der Waals surface area contributed by atoms with Crippen LogP contribution in [-0.2, 0) is 12.8 Å². The fourth-order valence-electron chi connectivity index (χ4n) is 2.27. The number of thiophene rings is 1. The molecule has 2 aromatic rings. The van der Waals surface area contributed by atoms with Crippen LogP contribution in [0, 0.1) is 5.82 Å². The molecule has 1 atom stereocenters. The van der Waals surface area contributed by atoms with Gasteiger partial charge in [0.2, 0.25) is 0 Å². The Kier molecular flexibility index (Phi) is 5.74. The van der Waals surface area contributed by atoms with Gasteiger partial charge in [0.05, 0.1) is 0 Å². The maximum absolute atomic E-state index is 13.4. The summed E-state index contributed by atoms with van der Waals surface area (Å²) in [7, 11) is 0. The standard InChI is InChI=1S/C17H22FNS/c1-3-10-19-17(13-6-5-7-14(18)11-13)12-16-9-8-15(4-2)20-16/h5-9,11,17,19H,3-4,10,12H2,1-2H3. The van der Waals surface area contributed by atoms with E-state index in [2.05, 4.69) is 31.3 Å². The predicted octanol–water partition coefficient (Wildman–Crippen LogP) is 4.73. The first kappa shape index (κ1) is 15.2. The lowest BCUT2D eigenvalue weighted by Gasteiger charge is -2.18. The van der Waals surface area contributed by atoms with Gasteiger partial charge in [-0.2, -0.15) is 0 Å². The lowest BCUT2D eigenvalue weighted by atomic mass is 10.0. The van der Waals surface area contributed by atoms with Gasteiger partial charge >= 0.3 is 0 Å². The van der Waals surface area contributed by atoms with Crippen molar-refractivity contribution in [2.75, 3.05) is 6.54 Å². The molecule has 0 fully saturated rings. The Morgan fingerprint density at radius 1 is 1.15 bits per heavy atom. The monoisotopic (exact) mass is 291 g/mol. The Morgan fingerprint density at radius 2 is 1.95 bits per heavy atom. The van der Waals surface area contributed by atoms with Crippen LogP contribution in [0.15, 0.2) is 36.4 Å². The van der Waals surface area contributed by atoms with Crippen LogP contribution in [0.25, 0.3) is 0 Å². The van der Waals surface area contributed by atoms with Crippen LogP contribution in [-0.4, -0.2) is 6.54 Å². The maximum atomic E-state index is 13.4. The number of aryl methyl sites for hydroxylation is 1. The van der Waals surface area contributed by atoms with Crippen molar-refractivity contribution >= 4 is 11.3 Å². The molecule has 0 amide bonds. The van der Waals surface area contributed by atoms with E-state index in [4.69, 9.17) is 0 Å². The van der Waals surface area contributed by atoms with Gasteiger partial charge in [-0.15, -0.1) is 11.3 Å². The van der Waals surface area contributed by atoms with Gasteiger partial charge in [0, 0.05) is 22.2 Å². The molecule has 20 heavy (non-hydrogen) atoms. The minimum Gasteiger partial charge on any atom is -0.310 e. The number of halogens is 1. The second kappa shape index (κ2) is 7.55. The fraction of sp³-hybridized carbons (Fsp3) is 0.412. The van der Waals surface area contributed by atoms with Gasteiger partial charge < -0.3 is 5.32 Å². The normalized spacial score (nSPS) is 12.6. The average molecular weight is 291 g/mol. The molecule has 0 aliphatic rings. The Bertz CT molecular complexity index is 535. The number of benzene rings is 1. The molecule has 108 valence electrons. The van der Waals surface area contributed by atoms with E-state index in [0.29, 0.717) is 0 Å². The molecule has 2 rings (SSSR count). The third kappa shape index (κ3) is 4.15. The van der Waals surface area contributed by atoms with E-state index in [-0.39, 0.29) is 11.9 Å². The van der Waals surface area contributed by atoms with Crippen LogP contribution < -0.4 is 5.32 Å². The maximum Gasteiger partial charge on any atom is 0.123 e. The van der Waals surface area contributed by atoms with E-state index in [0.717, 1.165) is 31.4 Å². The lowest BCUT2D eigenvalue weighted by molar-refractivity contribution is 0.527. The minimum absolute atomic E-state index is 0.161. The fourth-order valence-corrected chi connectivity index (χ4v) is 3.28. The SMILES string of the molecule is CCCNC(Cc1ccc(CC)s1)c1cccc(F)c1. The first-order chi connectivity index (χ1) is 9.72. The molecule has 1 nitrogen and oxygen atoms in total. The van der Waals surface area contributed by atoms with Crippen LogP contribution in [0.3, 0.4) is 0 Å². The van der Waals surface area contributed by atoms with E-state index in [1.807, 2.05) is 17.4 Å². The third-order valence-electron chi connectivity index (χ3n) is 3.36. The van der Waals surface area contributed by atoms with Crippen molar-refractivity contribution in [1.29, 1.82) is 0 Å². The highest BCUT2D eigenvalue weighted by molar-refractivity contribution is 7.11. The zero-order chi connectivity index (χ0) is 14.4. The molecule has 0 bridgehead atoms. The van der Waals surface area contributed by atoms with Crippen molar-refractivity contribution in [3.05, 3.63) is 57.5 Å². The number of nitrogens with one attached hydrogen (secondary N) is 1. The van der Waals surface area contributed by atoms with Crippen LogP contribution in [0.5, 0.6) is 0 Å². The quantitative estimate of drug-likeness (QED) is 0.777. The van der Waals surface area contributed by atoms with Crippen molar-refractivity contribution in [3.63, 3.8) is 0 Å². The second-order valence-electron chi connectivity index (χ2n) is 4.99. The largest absolute Gasteiger partial charge is 0.310 e. The molecule has 1 heterocycles. The van der Waals surface area contributed by atoms with Gasteiger partial charge in [-0.25, -0.2) is 4.39 Å². The van der Waals surface area contributed by atoms with Gasteiger partial charge in [0.15, 0.2) is 0 Å². The number of hydrogen-bond acceptors (Lipinski definition) is 2. The Morgan fingerprint density at radius 3 is 2.60 bits per heavy atom. The summed E-state index contributed by atoms with van der Waals surface area (Å²) < 4.78 is 13.4. The minimum atomic E-state index is -0.161. The smallest absolute Gasteiger partial charge is 0.123 e. The molecule has 0 aliphatic carbocycles. The molecule has 3 heteroatoms. The van der Waals surface area contributed by atoms with Gasteiger partial charge in [0.1, 0.15) is 5.82 Å². The molecule has 0 saturated carbocycles. The van der Waals surface area contributed by atoms with Gasteiger partial charge in [-0.3, -0.25) is 0 Å². The highest BCUT2D eigenvalue weighted by Crippen LogP contribution is 2.24. The van der Waals surface area contributed by atoms with Crippen molar-refractivity contribution < 1.29 is 4.39 Å². The average Bonchev–Trinajstić information content (AvgIpc) is 2.91. The summed E-state index contributed by atoms with van der Waals surface area (Å²) in [6, 6.07) is 11.5. The summed E-state index contributed by atoms with van der Waals surface area (Å²) in [5.74, 6) is -0.161. The second-order valence-corrected chi connectivity index (χ2v) is 6.24. The highest BCUT2D eigenvalue weighted by Gasteiger charge is 2.13. The van der Waals surface area contributed by atoms with E-state index >= 15 is 0 Å². The van der Waals surface area contributed by atoms with Crippen molar-refractivity contribution in [3.8, 4) is 0 Å². The van der Waals surface area contributed by atoms with Crippen LogP contribution in [0.2, 0.25) is 0 Å². The number of hydrogen-bond donors (Lipinski definition) is 1. The summed E-state index contributed by atoms with van der Waals surface area (Å²) in [6.45, 7) is 5.28. The highest BCUT2D eigenvalue weighted by atomic mass is 32.1. The van der Waals surface area contributed by atoms with Gasteiger partial charge in [0.25, 0.3) is 0 Å². The number of rotatable bonds is 7.